The molecule has 0 aliphatic heterocycles. The Bertz CT molecular complexity index is 835. The molecule has 0 saturated carbocycles. The van der Waals surface area contributed by atoms with Crippen LogP contribution >= 0.6 is 0 Å². The van der Waals surface area contributed by atoms with Crippen molar-refractivity contribution < 1.29 is 14.6 Å². The molecule has 0 aliphatic carbocycles. The molecule has 0 bridgehead atoms. The maximum absolute atomic E-state index is 12.3. The van der Waals surface area contributed by atoms with Gasteiger partial charge in [0.2, 0.25) is 0 Å². The Morgan fingerprint density at radius 2 is 1.58 bits per heavy atom. The van der Waals surface area contributed by atoms with Crippen LogP contribution in [0.25, 0.3) is 0 Å². The molecule has 1 amide bonds. The molecule has 0 unspecified atom stereocenters. The third-order valence-electron chi connectivity index (χ3n) is 3.87. The van der Waals surface area contributed by atoms with Crippen LogP contribution in [0.2, 0.25) is 0 Å². The minimum Gasteiger partial charge on any atom is -0.366 e. The molecule has 0 spiro atoms. The van der Waals surface area contributed by atoms with E-state index >= 15 is 0 Å². The summed E-state index contributed by atoms with van der Waals surface area (Å²) in [6.45, 7) is 4.58. The number of amides is 1. The van der Waals surface area contributed by atoms with Crippen LogP contribution in [0.1, 0.15) is 24.2 Å². The number of carbonyl (C=O) groups is 1. The summed E-state index contributed by atoms with van der Waals surface area (Å²) in [5, 5.41) is 25.2. The number of carbonyl (C=O) groups excluding carboxylic acids is 1. The molecule has 0 fully saturated rings. The fraction of sp³-hybridized carbons (Fsp3) is 0.235. The van der Waals surface area contributed by atoms with Gasteiger partial charge in [0, 0.05) is 18.7 Å². The van der Waals surface area contributed by atoms with E-state index in [9.17, 15) is 25.0 Å². The summed E-state index contributed by atoms with van der Waals surface area (Å²) >= 11 is 0. The third-order valence-corrected chi connectivity index (χ3v) is 3.87. The molecule has 0 atom stereocenters. The van der Waals surface area contributed by atoms with E-state index in [0.29, 0.717) is 18.7 Å². The van der Waals surface area contributed by atoms with Gasteiger partial charge in [-0.25, -0.2) is 0 Å². The van der Waals surface area contributed by atoms with Gasteiger partial charge in [0.25, 0.3) is 17.3 Å². The van der Waals surface area contributed by atoms with E-state index in [1.165, 1.54) is 6.07 Å². The average molecular weight is 358 g/mol. The number of nitro groups is 2. The summed E-state index contributed by atoms with van der Waals surface area (Å²) in [5.74, 6) is -0.534. The molecule has 26 heavy (non-hydrogen) atoms. The lowest BCUT2D eigenvalue weighted by Crippen LogP contribution is -2.23. The number of hydrogen-bond acceptors (Lipinski definition) is 6. The zero-order valence-electron chi connectivity index (χ0n) is 14.3. The van der Waals surface area contributed by atoms with Crippen LogP contribution < -0.4 is 10.2 Å². The fourth-order valence-electron chi connectivity index (χ4n) is 2.56. The predicted molar refractivity (Wildman–Crippen MR) is 97.7 cm³/mol. The molecule has 2 aromatic rings. The van der Waals surface area contributed by atoms with Crippen molar-refractivity contribution in [2.75, 3.05) is 23.3 Å². The summed E-state index contributed by atoms with van der Waals surface area (Å²) < 4.78 is 0. The highest BCUT2D eigenvalue weighted by Crippen LogP contribution is 2.38. The molecule has 136 valence electrons. The minimum atomic E-state index is -0.750. The number of benzene rings is 2. The van der Waals surface area contributed by atoms with Crippen molar-refractivity contribution in [3.05, 3.63) is 68.3 Å². The number of anilines is 2. The Morgan fingerprint density at radius 1 is 1.00 bits per heavy atom. The molecule has 1 N–H and O–H groups in total. The standard InChI is InChI=1S/C17H18N4O5/c1-3-19(4-2)15-10-13(14(20(23)24)11-16(15)21(25)26)18-17(22)12-8-6-5-7-9-12/h5-11H,3-4H2,1-2H3,(H,18,22). The Kier molecular flexibility index (Phi) is 5.84. The van der Waals surface area contributed by atoms with E-state index < -0.39 is 21.4 Å². The summed E-state index contributed by atoms with van der Waals surface area (Å²) in [4.78, 5) is 35.3. The van der Waals surface area contributed by atoms with Gasteiger partial charge in [-0.2, -0.15) is 0 Å². The monoisotopic (exact) mass is 358 g/mol. The van der Waals surface area contributed by atoms with E-state index in [2.05, 4.69) is 5.32 Å². The highest BCUT2D eigenvalue weighted by Gasteiger charge is 2.27. The fourth-order valence-corrected chi connectivity index (χ4v) is 2.56. The zero-order valence-corrected chi connectivity index (χ0v) is 14.3. The molecule has 0 heterocycles. The first-order valence-corrected chi connectivity index (χ1v) is 7.97. The number of nitrogens with zero attached hydrogens (tertiary/aromatic N) is 3. The van der Waals surface area contributed by atoms with Crippen molar-refractivity contribution in [1.82, 2.24) is 0 Å². The smallest absolute Gasteiger partial charge is 0.299 e. The van der Waals surface area contributed by atoms with Gasteiger partial charge in [-0.05, 0) is 32.0 Å². The Labute approximate surface area is 149 Å². The van der Waals surface area contributed by atoms with Gasteiger partial charge in [-0.3, -0.25) is 25.0 Å². The maximum Gasteiger partial charge on any atom is 0.299 e. The van der Waals surface area contributed by atoms with Gasteiger partial charge >= 0.3 is 0 Å². The number of nitro benzene ring substituents is 2. The first-order valence-electron chi connectivity index (χ1n) is 7.97. The molecule has 0 radical (unpaired) electrons. The second-order valence-corrected chi connectivity index (χ2v) is 5.36. The molecule has 2 aromatic carbocycles. The van der Waals surface area contributed by atoms with Crippen LogP contribution in [0.5, 0.6) is 0 Å². The molecule has 0 aliphatic rings. The minimum absolute atomic E-state index is 0.0867. The molecule has 0 saturated heterocycles. The van der Waals surface area contributed by atoms with Gasteiger partial charge in [-0.1, -0.05) is 18.2 Å². The van der Waals surface area contributed by atoms with Crippen molar-refractivity contribution in [1.29, 1.82) is 0 Å². The molecular weight excluding hydrogens is 340 g/mol. The molecule has 0 aromatic heterocycles. The average Bonchev–Trinajstić information content (AvgIpc) is 2.63. The van der Waals surface area contributed by atoms with Crippen molar-refractivity contribution in [3.63, 3.8) is 0 Å². The Morgan fingerprint density at radius 3 is 2.08 bits per heavy atom. The summed E-state index contributed by atoms with van der Waals surface area (Å²) in [7, 11) is 0. The lowest BCUT2D eigenvalue weighted by Gasteiger charge is -2.21. The molecular formula is C17H18N4O5. The van der Waals surface area contributed by atoms with Gasteiger partial charge in [0.05, 0.1) is 15.9 Å². The number of rotatable bonds is 7. The van der Waals surface area contributed by atoms with Crippen molar-refractivity contribution in [3.8, 4) is 0 Å². The second kappa shape index (κ2) is 8.06. The van der Waals surface area contributed by atoms with Gasteiger partial charge < -0.3 is 10.2 Å². The zero-order chi connectivity index (χ0) is 19.3. The molecule has 9 heteroatoms. The number of nitrogens with one attached hydrogen (secondary N) is 1. The van der Waals surface area contributed by atoms with Crippen LogP contribution in [0.4, 0.5) is 22.7 Å². The molecule has 9 nitrogen and oxygen atoms in total. The van der Waals surface area contributed by atoms with Crippen LogP contribution in [-0.2, 0) is 0 Å². The lowest BCUT2D eigenvalue weighted by atomic mass is 10.1. The first kappa shape index (κ1) is 18.8. The SMILES string of the molecule is CCN(CC)c1cc(NC(=O)c2ccccc2)c([N+](=O)[O-])cc1[N+](=O)[O-]. The van der Waals surface area contributed by atoms with E-state index in [4.69, 9.17) is 0 Å². The van der Waals surface area contributed by atoms with Crippen LogP contribution in [-0.4, -0.2) is 28.8 Å². The van der Waals surface area contributed by atoms with E-state index in [1.54, 1.807) is 35.2 Å². The van der Waals surface area contributed by atoms with Crippen molar-refractivity contribution in [2.24, 2.45) is 0 Å². The highest BCUT2D eigenvalue weighted by atomic mass is 16.6. The summed E-state index contributed by atoms with van der Waals surface area (Å²) in [5.41, 5.74) is -0.454. The molecule has 2 rings (SSSR count). The lowest BCUT2D eigenvalue weighted by molar-refractivity contribution is -0.393. The third kappa shape index (κ3) is 3.94. The summed E-state index contributed by atoms with van der Waals surface area (Å²) in [6, 6.07) is 10.4. The predicted octanol–water partition coefficient (Wildman–Crippen LogP) is 3.60. The maximum atomic E-state index is 12.3. The number of hydrogen-bond donors (Lipinski definition) is 1. The van der Waals surface area contributed by atoms with E-state index in [-0.39, 0.29) is 17.1 Å². The van der Waals surface area contributed by atoms with Crippen molar-refractivity contribution >= 4 is 28.7 Å². The second-order valence-electron chi connectivity index (χ2n) is 5.36. The van der Waals surface area contributed by atoms with E-state index in [1.807, 2.05) is 13.8 Å². The van der Waals surface area contributed by atoms with Crippen LogP contribution in [0.15, 0.2) is 42.5 Å². The largest absolute Gasteiger partial charge is 0.366 e. The normalized spacial score (nSPS) is 10.2. The van der Waals surface area contributed by atoms with Crippen LogP contribution in [0, 0.1) is 20.2 Å². The Balaban J connectivity index is 2.56. The topological polar surface area (TPSA) is 119 Å². The summed E-state index contributed by atoms with van der Waals surface area (Å²) in [6.07, 6.45) is 0. The van der Waals surface area contributed by atoms with Crippen LogP contribution in [0.3, 0.4) is 0 Å². The Hall–Kier alpha value is -3.49. The van der Waals surface area contributed by atoms with Gasteiger partial charge in [0.1, 0.15) is 11.4 Å². The van der Waals surface area contributed by atoms with E-state index in [0.717, 1.165) is 6.07 Å². The quantitative estimate of drug-likeness (QED) is 0.596. The highest BCUT2D eigenvalue weighted by molar-refractivity contribution is 6.06. The van der Waals surface area contributed by atoms with Gasteiger partial charge in [-0.15, -0.1) is 0 Å². The van der Waals surface area contributed by atoms with Gasteiger partial charge in [0.15, 0.2) is 0 Å². The van der Waals surface area contributed by atoms with Crippen molar-refractivity contribution in [2.45, 2.75) is 13.8 Å². The first-order chi connectivity index (χ1) is 12.4.